The third-order valence-corrected chi connectivity index (χ3v) is 4.58. The highest BCUT2D eigenvalue weighted by atomic mass is 16.6. The Morgan fingerprint density at radius 1 is 0.744 bits per heavy atom. The predicted octanol–water partition coefficient (Wildman–Crippen LogP) is 5.31. The lowest BCUT2D eigenvalue weighted by molar-refractivity contribution is -0.155. The van der Waals surface area contributed by atoms with Gasteiger partial charge in [0.25, 0.3) is 0 Å². The zero-order chi connectivity index (χ0) is 29.6. The van der Waals surface area contributed by atoms with Gasteiger partial charge >= 0.3 is 24.0 Å². The largest absolute Gasteiger partial charge is 0.460 e. The van der Waals surface area contributed by atoms with Crippen LogP contribution >= 0.6 is 0 Å². The lowest BCUT2D eigenvalue weighted by Crippen LogP contribution is -2.33. The van der Waals surface area contributed by atoms with Crippen LogP contribution in [0.25, 0.3) is 6.08 Å². The van der Waals surface area contributed by atoms with E-state index in [-0.39, 0.29) is 49.1 Å². The van der Waals surface area contributed by atoms with E-state index in [1.807, 2.05) is 0 Å². The molecule has 10 heteroatoms. The average molecular weight is 548 g/mol. The number of carbonyl (C=O) groups excluding carboxylic acids is 5. The van der Waals surface area contributed by atoms with Crippen molar-refractivity contribution in [1.29, 1.82) is 0 Å². The van der Waals surface area contributed by atoms with Crippen LogP contribution in [0.4, 0.5) is 4.79 Å². The zero-order valence-electron chi connectivity index (χ0n) is 24.0. The van der Waals surface area contributed by atoms with Crippen LogP contribution in [0.1, 0.15) is 92.6 Å². The molecule has 0 aromatic heterocycles. The van der Waals surface area contributed by atoms with Crippen LogP contribution in [0.2, 0.25) is 0 Å². The van der Waals surface area contributed by atoms with E-state index in [0.29, 0.717) is 24.8 Å². The summed E-state index contributed by atoms with van der Waals surface area (Å²) in [4.78, 5) is 59.7. The Bertz CT molecular complexity index is 1050. The molecule has 0 saturated carbocycles. The standard InChI is InChI=1S/C29H41NO9/c1-20(31)14-15-21-16-17-22(36-24(32)11-8-9-12-26(34)38-28(2,3)4)23(19-21)37-25(33)13-10-18-30-27(35)39-29(5,6)7/h14-17,19H,8-13,18H2,1-7H3,(H,30,35)/b15-14+. The molecule has 0 atom stereocenters. The van der Waals surface area contributed by atoms with Crippen molar-refractivity contribution in [1.82, 2.24) is 5.32 Å². The van der Waals surface area contributed by atoms with Gasteiger partial charge in [-0.3, -0.25) is 19.2 Å². The number of alkyl carbamates (subject to hydrolysis) is 1. The average Bonchev–Trinajstić information content (AvgIpc) is 2.77. The van der Waals surface area contributed by atoms with Gasteiger partial charge < -0.3 is 24.3 Å². The molecule has 0 radical (unpaired) electrons. The summed E-state index contributed by atoms with van der Waals surface area (Å²) in [5.74, 6) is -1.57. The molecule has 216 valence electrons. The van der Waals surface area contributed by atoms with Crippen molar-refractivity contribution in [3.05, 3.63) is 29.8 Å². The zero-order valence-corrected chi connectivity index (χ0v) is 24.0. The Hall–Kier alpha value is -3.69. The third-order valence-electron chi connectivity index (χ3n) is 4.58. The number of hydrogen-bond donors (Lipinski definition) is 1. The van der Waals surface area contributed by atoms with Crippen molar-refractivity contribution in [2.24, 2.45) is 0 Å². The lowest BCUT2D eigenvalue weighted by Gasteiger charge is -2.19. The van der Waals surface area contributed by atoms with E-state index in [9.17, 15) is 24.0 Å². The number of benzene rings is 1. The molecule has 39 heavy (non-hydrogen) atoms. The van der Waals surface area contributed by atoms with Crippen molar-refractivity contribution in [2.45, 2.75) is 98.2 Å². The van der Waals surface area contributed by atoms with Gasteiger partial charge in [0.2, 0.25) is 0 Å². The summed E-state index contributed by atoms with van der Waals surface area (Å²) in [6, 6.07) is 4.58. The minimum atomic E-state index is -0.628. The molecule has 1 aromatic rings. The van der Waals surface area contributed by atoms with Gasteiger partial charge in [-0.2, -0.15) is 0 Å². The number of ether oxygens (including phenoxy) is 4. The van der Waals surface area contributed by atoms with Crippen LogP contribution in [-0.4, -0.2) is 47.5 Å². The molecular weight excluding hydrogens is 506 g/mol. The Morgan fingerprint density at radius 2 is 1.28 bits per heavy atom. The number of carbonyl (C=O) groups is 5. The SMILES string of the molecule is CC(=O)/C=C/c1ccc(OC(=O)CCCCC(=O)OC(C)(C)C)c(OC(=O)CCCNC(=O)OC(C)(C)C)c1. The van der Waals surface area contributed by atoms with E-state index < -0.39 is 29.2 Å². The van der Waals surface area contributed by atoms with Crippen molar-refractivity contribution in [3.63, 3.8) is 0 Å². The number of amides is 1. The molecule has 0 heterocycles. The summed E-state index contributed by atoms with van der Waals surface area (Å²) in [5, 5.41) is 2.57. The molecule has 1 rings (SSSR count). The van der Waals surface area contributed by atoms with Gasteiger partial charge in [0, 0.05) is 25.8 Å². The fourth-order valence-corrected chi connectivity index (χ4v) is 3.02. The fraction of sp³-hybridized carbons (Fsp3) is 0.552. The summed E-state index contributed by atoms with van der Waals surface area (Å²) < 4.78 is 21.3. The highest BCUT2D eigenvalue weighted by Gasteiger charge is 2.18. The van der Waals surface area contributed by atoms with Gasteiger partial charge in [0.1, 0.15) is 11.2 Å². The molecule has 0 aliphatic rings. The van der Waals surface area contributed by atoms with Gasteiger partial charge in [-0.1, -0.05) is 12.1 Å². The first-order valence-corrected chi connectivity index (χ1v) is 13.0. The minimum Gasteiger partial charge on any atom is -0.460 e. The van der Waals surface area contributed by atoms with Crippen LogP contribution in [-0.2, 0) is 28.7 Å². The van der Waals surface area contributed by atoms with Crippen molar-refractivity contribution < 1.29 is 42.9 Å². The molecule has 1 N–H and O–H groups in total. The van der Waals surface area contributed by atoms with Gasteiger partial charge in [0.15, 0.2) is 17.3 Å². The number of esters is 3. The van der Waals surface area contributed by atoms with Gasteiger partial charge in [-0.05, 0) is 91.5 Å². The number of hydrogen-bond acceptors (Lipinski definition) is 9. The third kappa shape index (κ3) is 16.7. The highest BCUT2D eigenvalue weighted by molar-refractivity contribution is 5.91. The minimum absolute atomic E-state index is 0.0125. The van der Waals surface area contributed by atoms with Crippen LogP contribution in [0.3, 0.4) is 0 Å². The van der Waals surface area contributed by atoms with Crippen LogP contribution in [0, 0.1) is 0 Å². The Balaban J connectivity index is 2.72. The normalized spacial score (nSPS) is 11.6. The number of nitrogens with one attached hydrogen (secondary N) is 1. The maximum atomic E-state index is 12.5. The quantitative estimate of drug-likeness (QED) is 0.151. The van der Waals surface area contributed by atoms with E-state index >= 15 is 0 Å². The second-order valence-corrected chi connectivity index (χ2v) is 10.9. The molecular formula is C29H41NO9. The highest BCUT2D eigenvalue weighted by Crippen LogP contribution is 2.30. The maximum Gasteiger partial charge on any atom is 0.407 e. The van der Waals surface area contributed by atoms with Crippen molar-refractivity contribution >= 4 is 35.9 Å². The molecule has 0 bridgehead atoms. The molecule has 1 aromatic carbocycles. The van der Waals surface area contributed by atoms with Crippen LogP contribution in [0.5, 0.6) is 11.5 Å². The molecule has 0 aliphatic carbocycles. The fourth-order valence-electron chi connectivity index (χ4n) is 3.02. The lowest BCUT2D eigenvalue weighted by atomic mass is 10.1. The monoisotopic (exact) mass is 547 g/mol. The molecule has 10 nitrogen and oxygen atoms in total. The van der Waals surface area contributed by atoms with Crippen molar-refractivity contribution in [3.8, 4) is 11.5 Å². The first-order chi connectivity index (χ1) is 18.0. The van der Waals surface area contributed by atoms with Gasteiger partial charge in [0.05, 0.1) is 0 Å². The van der Waals surface area contributed by atoms with E-state index in [1.54, 1.807) is 53.7 Å². The van der Waals surface area contributed by atoms with Gasteiger partial charge in [-0.25, -0.2) is 4.79 Å². The number of allylic oxidation sites excluding steroid dienone is 1. The molecule has 0 spiro atoms. The summed E-state index contributed by atoms with van der Waals surface area (Å²) in [6.45, 7) is 12.2. The van der Waals surface area contributed by atoms with Crippen LogP contribution < -0.4 is 14.8 Å². The topological polar surface area (TPSA) is 134 Å². The molecule has 0 saturated heterocycles. The molecule has 1 amide bonds. The summed E-state index contributed by atoms with van der Waals surface area (Å²) >= 11 is 0. The Kier molecular flexibility index (Phi) is 13.4. The van der Waals surface area contributed by atoms with Crippen molar-refractivity contribution in [2.75, 3.05) is 6.54 Å². The Labute approximate surface area is 230 Å². The number of rotatable bonds is 13. The second kappa shape index (κ2) is 15.7. The summed E-state index contributed by atoms with van der Waals surface area (Å²) in [7, 11) is 0. The maximum absolute atomic E-state index is 12.5. The van der Waals surface area contributed by atoms with E-state index in [2.05, 4.69) is 5.32 Å². The second-order valence-electron chi connectivity index (χ2n) is 10.9. The van der Waals surface area contributed by atoms with Crippen LogP contribution in [0.15, 0.2) is 24.3 Å². The molecule has 0 unspecified atom stereocenters. The number of unbranched alkanes of at least 4 members (excludes halogenated alkanes) is 1. The van der Waals surface area contributed by atoms with Gasteiger partial charge in [-0.15, -0.1) is 0 Å². The van der Waals surface area contributed by atoms with E-state index in [4.69, 9.17) is 18.9 Å². The Morgan fingerprint density at radius 3 is 1.85 bits per heavy atom. The first-order valence-electron chi connectivity index (χ1n) is 13.0. The predicted molar refractivity (Wildman–Crippen MR) is 145 cm³/mol. The van der Waals surface area contributed by atoms with E-state index in [0.717, 1.165) is 0 Å². The summed E-state index contributed by atoms with van der Waals surface area (Å²) in [5.41, 5.74) is -0.627. The summed E-state index contributed by atoms with van der Waals surface area (Å²) in [6.07, 6.45) is 3.73. The number of ketones is 1. The molecule has 0 aliphatic heterocycles. The molecule has 0 fully saturated rings. The smallest absolute Gasteiger partial charge is 0.407 e. The van der Waals surface area contributed by atoms with E-state index in [1.165, 1.54) is 25.1 Å². The first kappa shape index (κ1) is 33.3.